The van der Waals surface area contributed by atoms with E-state index in [0.29, 0.717) is 21.9 Å². The molecule has 12 heteroatoms. The maximum Gasteiger partial charge on any atom is 0.355 e. The molecular weight excluding hydrogens is 566 g/mol. The molecule has 3 N–H and O–H groups in total. The number of nitrogens with one attached hydrogen (secondary N) is 1. The first kappa shape index (κ1) is 30.5. The number of likely N-dealkylation sites (N-methyl/N-ethyl adjacent to an activating group) is 1. The lowest BCUT2D eigenvalue weighted by Gasteiger charge is -2.32. The fraction of sp³-hybridized carbons (Fsp3) is 0.414. The summed E-state index contributed by atoms with van der Waals surface area (Å²) in [4.78, 5) is 64.7. The number of hydrogen-bond acceptors (Lipinski definition) is 8. The molecule has 3 unspecified atom stereocenters. The first-order chi connectivity index (χ1) is 19.6. The minimum absolute atomic E-state index is 0.0493. The zero-order valence-electron chi connectivity index (χ0n) is 23.0. The molecule has 1 fully saturated rings. The average Bonchev–Trinajstić information content (AvgIpc) is 3.09. The molecule has 10 nitrogen and oxygen atoms in total. The number of aliphatic imine (C=N–C) groups is 1. The second-order valence-electron chi connectivity index (χ2n) is 10.2. The number of hydrogen-bond donors (Lipinski definition) is 3. The number of anilines is 1. The second-order valence-corrected chi connectivity index (χ2v) is 11.0. The number of fused-ring (bicyclic) bond motifs is 1. The maximum atomic E-state index is 14.2. The van der Waals surface area contributed by atoms with Crippen LogP contribution >= 0.6 is 24.2 Å². The van der Waals surface area contributed by atoms with Crippen LogP contribution in [0.25, 0.3) is 0 Å². The number of hydroxylamine groups is 1. The number of halogens is 1. The topological polar surface area (TPSA) is 134 Å². The van der Waals surface area contributed by atoms with Crippen LogP contribution < -0.4 is 16.1 Å². The smallest absolute Gasteiger partial charge is 0.343 e. The molecule has 2 aromatic carbocycles. The molecule has 2 aliphatic rings. The third kappa shape index (κ3) is 6.91. The largest absolute Gasteiger partial charge is 0.355 e. The Morgan fingerprint density at radius 3 is 2.49 bits per heavy atom. The van der Waals surface area contributed by atoms with E-state index in [1.54, 1.807) is 18.2 Å². The number of benzene rings is 2. The van der Waals surface area contributed by atoms with E-state index in [4.69, 9.17) is 27.2 Å². The monoisotopic (exact) mass is 599 g/mol. The van der Waals surface area contributed by atoms with Gasteiger partial charge in [-0.15, -0.1) is 5.06 Å². The molecule has 2 aromatic rings. The van der Waals surface area contributed by atoms with Crippen molar-refractivity contribution in [2.45, 2.75) is 57.3 Å². The summed E-state index contributed by atoms with van der Waals surface area (Å²) in [6.45, 7) is 1.33. The molecule has 4 rings (SSSR count). The highest BCUT2D eigenvalue weighted by atomic mass is 35.5. The van der Waals surface area contributed by atoms with E-state index < -0.39 is 36.0 Å². The standard InChI is InChI=1S/C29H34ClN5O5S/c1-17(36)32-25(19-11-7-4-8-12-19)29(39)40-35-23-14-13-20(30)15-21(23)24(18-9-5-3-6-10-18)33-26(28(35)38)34(2)27(37)22(31)16-41/h3,5-6,9-10,13-15,19,22,25-26,41H,4,7-8,11-12,16,31H2,1-2H3,(H,32,36). The van der Waals surface area contributed by atoms with E-state index in [0.717, 1.165) is 42.1 Å². The van der Waals surface area contributed by atoms with Gasteiger partial charge in [-0.05, 0) is 37.0 Å². The van der Waals surface area contributed by atoms with Crippen molar-refractivity contribution in [2.24, 2.45) is 16.6 Å². The quantitative estimate of drug-likeness (QED) is 0.399. The van der Waals surface area contributed by atoms with Crippen LogP contribution in [0.1, 0.15) is 50.2 Å². The highest BCUT2D eigenvalue weighted by Gasteiger charge is 2.41. The van der Waals surface area contributed by atoms with E-state index in [2.05, 4.69) is 17.9 Å². The summed E-state index contributed by atoms with van der Waals surface area (Å²) in [7, 11) is 1.41. The molecule has 1 saturated carbocycles. The number of carbonyl (C=O) groups excluding carboxylic acids is 4. The predicted octanol–water partition coefficient (Wildman–Crippen LogP) is 3.11. The lowest BCUT2D eigenvalue weighted by molar-refractivity contribution is -0.157. The lowest BCUT2D eigenvalue weighted by Crippen LogP contribution is -2.54. The molecular formula is C29H34ClN5O5S. The second kappa shape index (κ2) is 13.5. The van der Waals surface area contributed by atoms with Gasteiger partial charge in [0.25, 0.3) is 0 Å². The summed E-state index contributed by atoms with van der Waals surface area (Å²) in [5.74, 6) is -2.62. The Labute approximate surface area is 249 Å². The molecule has 3 amide bonds. The van der Waals surface area contributed by atoms with Crippen molar-refractivity contribution in [1.29, 1.82) is 0 Å². The van der Waals surface area contributed by atoms with Crippen LogP contribution in [0.5, 0.6) is 0 Å². The molecule has 0 bridgehead atoms. The SMILES string of the molecule is CC(=O)NC(C(=O)ON1C(=O)C(N(C)C(=O)C(N)CS)N=C(c2ccccc2)c2cc(Cl)ccc21)C1CCCCC1. The van der Waals surface area contributed by atoms with Crippen molar-refractivity contribution < 1.29 is 24.0 Å². The van der Waals surface area contributed by atoms with Gasteiger partial charge >= 0.3 is 11.9 Å². The van der Waals surface area contributed by atoms with Gasteiger partial charge in [0.2, 0.25) is 18.0 Å². The van der Waals surface area contributed by atoms with Gasteiger partial charge in [0.05, 0.1) is 17.4 Å². The molecule has 1 aliphatic heterocycles. The third-order valence-electron chi connectivity index (χ3n) is 7.30. The van der Waals surface area contributed by atoms with Crippen LogP contribution in [-0.2, 0) is 24.0 Å². The average molecular weight is 600 g/mol. The molecule has 3 atom stereocenters. The first-order valence-electron chi connectivity index (χ1n) is 13.5. The van der Waals surface area contributed by atoms with Crippen molar-refractivity contribution >= 4 is 59.3 Å². The van der Waals surface area contributed by atoms with Gasteiger partial charge in [0, 0.05) is 35.9 Å². The Hall–Kier alpha value is -3.41. The summed E-state index contributed by atoms with van der Waals surface area (Å²) in [5.41, 5.74) is 7.60. The van der Waals surface area contributed by atoms with Crippen LogP contribution in [0, 0.1) is 5.92 Å². The van der Waals surface area contributed by atoms with Gasteiger partial charge in [-0.3, -0.25) is 14.4 Å². The zero-order valence-corrected chi connectivity index (χ0v) is 24.6. The Bertz CT molecular complexity index is 1330. The zero-order chi connectivity index (χ0) is 29.7. The Morgan fingerprint density at radius 2 is 1.85 bits per heavy atom. The van der Waals surface area contributed by atoms with Crippen LogP contribution in [0.15, 0.2) is 53.5 Å². The fourth-order valence-corrected chi connectivity index (χ4v) is 5.51. The van der Waals surface area contributed by atoms with E-state index in [1.165, 1.54) is 14.0 Å². The van der Waals surface area contributed by atoms with E-state index >= 15 is 0 Å². The number of thiol groups is 1. The summed E-state index contributed by atoms with van der Waals surface area (Å²) in [6.07, 6.45) is 2.94. The highest BCUT2D eigenvalue weighted by Crippen LogP contribution is 2.33. The summed E-state index contributed by atoms with van der Waals surface area (Å²) < 4.78 is 0. The van der Waals surface area contributed by atoms with Crippen molar-refractivity contribution in [2.75, 3.05) is 17.9 Å². The maximum absolute atomic E-state index is 14.2. The van der Waals surface area contributed by atoms with Gasteiger partial charge in [-0.1, -0.05) is 61.2 Å². The van der Waals surface area contributed by atoms with Crippen molar-refractivity contribution in [1.82, 2.24) is 10.2 Å². The van der Waals surface area contributed by atoms with Crippen molar-refractivity contribution in [3.05, 3.63) is 64.7 Å². The van der Waals surface area contributed by atoms with Crippen LogP contribution in [0.2, 0.25) is 5.02 Å². The predicted molar refractivity (Wildman–Crippen MR) is 160 cm³/mol. The summed E-state index contributed by atoms with van der Waals surface area (Å²) in [5, 5.41) is 3.94. The number of benzodiazepines with no additional fused rings is 1. The van der Waals surface area contributed by atoms with Gasteiger partial charge in [0.1, 0.15) is 6.04 Å². The molecule has 218 valence electrons. The van der Waals surface area contributed by atoms with E-state index in [-0.39, 0.29) is 23.3 Å². The lowest BCUT2D eigenvalue weighted by atomic mass is 9.84. The van der Waals surface area contributed by atoms with Crippen molar-refractivity contribution in [3.8, 4) is 0 Å². The van der Waals surface area contributed by atoms with Crippen LogP contribution in [0.4, 0.5) is 5.69 Å². The van der Waals surface area contributed by atoms with Gasteiger partial charge < -0.3 is 20.8 Å². The van der Waals surface area contributed by atoms with Crippen LogP contribution in [-0.4, -0.2) is 65.4 Å². The molecule has 0 spiro atoms. The summed E-state index contributed by atoms with van der Waals surface area (Å²) >= 11 is 10.5. The summed E-state index contributed by atoms with van der Waals surface area (Å²) in [6, 6.07) is 11.9. The van der Waals surface area contributed by atoms with Gasteiger partial charge in [0.15, 0.2) is 0 Å². The Kier molecular flexibility index (Phi) is 10.1. The molecule has 1 heterocycles. The fourth-order valence-electron chi connectivity index (χ4n) is 5.18. The van der Waals surface area contributed by atoms with Crippen LogP contribution in [0.3, 0.4) is 0 Å². The number of rotatable bonds is 8. The van der Waals surface area contributed by atoms with E-state index in [9.17, 15) is 19.2 Å². The molecule has 1 aliphatic carbocycles. The number of amides is 3. The molecule has 0 aromatic heterocycles. The molecule has 0 saturated heterocycles. The minimum atomic E-state index is -1.43. The number of nitrogens with zero attached hydrogens (tertiary/aromatic N) is 3. The molecule has 41 heavy (non-hydrogen) atoms. The first-order valence-corrected chi connectivity index (χ1v) is 14.5. The third-order valence-corrected chi connectivity index (χ3v) is 7.92. The van der Waals surface area contributed by atoms with Crippen molar-refractivity contribution in [3.63, 3.8) is 0 Å². The Morgan fingerprint density at radius 1 is 1.17 bits per heavy atom. The minimum Gasteiger partial charge on any atom is -0.343 e. The van der Waals surface area contributed by atoms with Gasteiger partial charge in [-0.25, -0.2) is 9.79 Å². The van der Waals surface area contributed by atoms with Gasteiger partial charge in [-0.2, -0.15) is 12.6 Å². The number of carbonyl (C=O) groups is 4. The highest BCUT2D eigenvalue weighted by molar-refractivity contribution is 7.80. The van der Waals surface area contributed by atoms with E-state index in [1.807, 2.05) is 30.3 Å². The molecule has 0 radical (unpaired) electrons. The number of nitrogens with two attached hydrogens (primary N) is 1. The Balaban J connectivity index is 1.82. The normalized spacial score (nSPS) is 18.9.